The van der Waals surface area contributed by atoms with Gasteiger partial charge >= 0.3 is 0 Å². The quantitative estimate of drug-likeness (QED) is 0.451. The van der Waals surface area contributed by atoms with Crippen LogP contribution >= 0.6 is 11.3 Å². The first-order chi connectivity index (χ1) is 13.9. The molecule has 4 nitrogen and oxygen atoms in total. The van der Waals surface area contributed by atoms with Gasteiger partial charge in [0.25, 0.3) is 5.91 Å². The normalized spacial score (nSPS) is 11.0. The Kier molecular flexibility index (Phi) is 5.07. The second kappa shape index (κ2) is 7.67. The van der Waals surface area contributed by atoms with Crippen molar-refractivity contribution in [3.63, 3.8) is 0 Å². The van der Waals surface area contributed by atoms with Crippen LogP contribution < -0.4 is 4.90 Å². The molecule has 29 heavy (non-hydrogen) atoms. The fourth-order valence-electron chi connectivity index (χ4n) is 3.18. The summed E-state index contributed by atoms with van der Waals surface area (Å²) in [4.78, 5) is 23.4. The Bertz CT molecular complexity index is 1210. The number of hydrogen-bond acceptors (Lipinski definition) is 4. The van der Waals surface area contributed by atoms with E-state index in [-0.39, 0.29) is 12.1 Å². The third-order valence-corrected chi connectivity index (χ3v) is 5.54. The van der Waals surface area contributed by atoms with Gasteiger partial charge in [-0.25, -0.2) is 13.8 Å². The zero-order valence-electron chi connectivity index (χ0n) is 15.8. The molecule has 2 aromatic carbocycles. The van der Waals surface area contributed by atoms with Gasteiger partial charge in [-0.1, -0.05) is 23.5 Å². The lowest BCUT2D eigenvalue weighted by molar-refractivity contribution is 0.0981. The van der Waals surface area contributed by atoms with Crippen LogP contribution in [0.15, 0.2) is 54.9 Å². The number of aryl methyl sites for hydroxylation is 2. The van der Waals surface area contributed by atoms with Crippen molar-refractivity contribution in [2.75, 3.05) is 4.90 Å². The molecule has 2 aromatic heterocycles. The zero-order chi connectivity index (χ0) is 20.5. The number of aromatic nitrogens is 2. The van der Waals surface area contributed by atoms with E-state index in [1.807, 2.05) is 32.0 Å². The molecule has 0 bridgehead atoms. The van der Waals surface area contributed by atoms with Gasteiger partial charge in [-0.15, -0.1) is 0 Å². The maximum Gasteiger partial charge on any atom is 0.263 e. The van der Waals surface area contributed by atoms with Crippen LogP contribution in [-0.2, 0) is 6.54 Å². The number of anilines is 1. The van der Waals surface area contributed by atoms with Crippen molar-refractivity contribution in [2.45, 2.75) is 20.4 Å². The number of thiazole rings is 1. The summed E-state index contributed by atoms with van der Waals surface area (Å²) in [5.74, 6) is -2.22. The van der Waals surface area contributed by atoms with Gasteiger partial charge in [0.2, 0.25) is 0 Å². The molecule has 7 heteroatoms. The predicted octanol–water partition coefficient (Wildman–Crippen LogP) is 5.43. The Morgan fingerprint density at radius 1 is 1.14 bits per heavy atom. The number of pyridine rings is 1. The van der Waals surface area contributed by atoms with Gasteiger partial charge in [-0.2, -0.15) is 0 Å². The molecule has 0 atom stereocenters. The van der Waals surface area contributed by atoms with Crippen molar-refractivity contribution in [1.82, 2.24) is 9.97 Å². The average Bonchev–Trinajstić information content (AvgIpc) is 3.10. The van der Waals surface area contributed by atoms with E-state index >= 15 is 0 Å². The van der Waals surface area contributed by atoms with Crippen LogP contribution in [0.5, 0.6) is 0 Å². The van der Waals surface area contributed by atoms with Crippen LogP contribution in [0.3, 0.4) is 0 Å². The first-order valence-electron chi connectivity index (χ1n) is 8.96. The van der Waals surface area contributed by atoms with Gasteiger partial charge in [0.15, 0.2) is 5.13 Å². The second-order valence-corrected chi connectivity index (χ2v) is 7.81. The number of halogens is 2. The Hall–Kier alpha value is -3.19. The number of rotatable bonds is 4. The van der Waals surface area contributed by atoms with Crippen molar-refractivity contribution in [2.24, 2.45) is 0 Å². The lowest BCUT2D eigenvalue weighted by Gasteiger charge is -2.20. The monoisotopic (exact) mass is 409 g/mol. The van der Waals surface area contributed by atoms with Crippen molar-refractivity contribution in [1.29, 1.82) is 0 Å². The minimum atomic E-state index is -0.903. The standard InChI is InChI=1S/C22H17F2N3OS/c1-13-8-14(2)20-19(9-13)29-22(26-20)27(12-15-4-3-7-25-11-15)21(28)17-6-5-16(23)10-18(17)24/h3-11H,12H2,1-2H3. The van der Waals surface area contributed by atoms with E-state index < -0.39 is 17.5 Å². The summed E-state index contributed by atoms with van der Waals surface area (Å²) in [7, 11) is 0. The largest absolute Gasteiger partial charge is 0.279 e. The fraction of sp³-hybridized carbons (Fsp3) is 0.136. The lowest BCUT2D eigenvalue weighted by Crippen LogP contribution is -2.31. The van der Waals surface area contributed by atoms with Gasteiger partial charge in [0.05, 0.1) is 22.3 Å². The molecular weight excluding hydrogens is 392 g/mol. The van der Waals surface area contributed by atoms with Gasteiger partial charge in [-0.05, 0) is 54.8 Å². The highest BCUT2D eigenvalue weighted by Crippen LogP contribution is 2.33. The summed E-state index contributed by atoms with van der Waals surface area (Å²) in [6, 6.07) is 10.6. The predicted molar refractivity (Wildman–Crippen MR) is 110 cm³/mol. The topological polar surface area (TPSA) is 46.1 Å². The van der Waals surface area contributed by atoms with Crippen molar-refractivity contribution >= 4 is 32.6 Å². The second-order valence-electron chi connectivity index (χ2n) is 6.80. The van der Waals surface area contributed by atoms with Crippen LogP contribution in [0.4, 0.5) is 13.9 Å². The summed E-state index contributed by atoms with van der Waals surface area (Å²) in [6.45, 7) is 4.13. The molecule has 0 saturated carbocycles. The number of fused-ring (bicyclic) bond motifs is 1. The molecule has 0 spiro atoms. The molecule has 0 N–H and O–H groups in total. The molecule has 0 aliphatic carbocycles. The maximum atomic E-state index is 14.3. The molecule has 146 valence electrons. The van der Waals surface area contributed by atoms with Crippen LogP contribution in [0.25, 0.3) is 10.2 Å². The molecule has 2 heterocycles. The molecule has 0 saturated heterocycles. The van der Waals surface area contributed by atoms with Crippen molar-refractivity contribution in [3.05, 3.63) is 88.7 Å². The third kappa shape index (κ3) is 3.86. The minimum absolute atomic E-state index is 0.168. The molecule has 4 aromatic rings. The Labute approximate surface area is 170 Å². The van der Waals surface area contributed by atoms with Crippen molar-refractivity contribution < 1.29 is 13.6 Å². The number of hydrogen-bond donors (Lipinski definition) is 0. The van der Waals surface area contributed by atoms with Gasteiger partial charge in [-0.3, -0.25) is 14.7 Å². The van der Waals surface area contributed by atoms with Crippen LogP contribution in [0, 0.1) is 25.5 Å². The van der Waals surface area contributed by atoms with E-state index in [4.69, 9.17) is 0 Å². The first kappa shape index (κ1) is 19.1. The first-order valence-corrected chi connectivity index (χ1v) is 9.77. The molecule has 1 amide bonds. The molecule has 0 aliphatic rings. The molecule has 0 unspecified atom stereocenters. The smallest absolute Gasteiger partial charge is 0.263 e. The lowest BCUT2D eigenvalue weighted by atomic mass is 10.1. The zero-order valence-corrected chi connectivity index (χ0v) is 16.6. The van der Waals surface area contributed by atoms with E-state index in [0.29, 0.717) is 11.2 Å². The van der Waals surface area contributed by atoms with Crippen molar-refractivity contribution in [3.8, 4) is 0 Å². The van der Waals surface area contributed by atoms with Crippen LogP contribution in [0.1, 0.15) is 27.0 Å². The summed E-state index contributed by atoms with van der Waals surface area (Å²) in [5, 5.41) is 0.450. The number of carbonyl (C=O) groups is 1. The highest BCUT2D eigenvalue weighted by molar-refractivity contribution is 7.22. The summed E-state index contributed by atoms with van der Waals surface area (Å²) in [5.41, 5.74) is 3.47. The summed E-state index contributed by atoms with van der Waals surface area (Å²) in [6.07, 6.45) is 3.28. The van der Waals surface area contributed by atoms with Gasteiger partial charge in [0, 0.05) is 18.5 Å². The number of benzene rings is 2. The third-order valence-electron chi connectivity index (χ3n) is 4.52. The number of nitrogens with zero attached hydrogens (tertiary/aromatic N) is 3. The molecule has 0 fully saturated rings. The van der Waals surface area contributed by atoms with E-state index in [0.717, 1.165) is 39.0 Å². The van der Waals surface area contributed by atoms with E-state index in [2.05, 4.69) is 9.97 Å². The minimum Gasteiger partial charge on any atom is -0.279 e. The van der Waals surface area contributed by atoms with Gasteiger partial charge in [0.1, 0.15) is 11.6 Å². The van der Waals surface area contributed by atoms with E-state index in [1.54, 1.807) is 18.5 Å². The Morgan fingerprint density at radius 2 is 1.97 bits per heavy atom. The Balaban J connectivity index is 1.82. The van der Waals surface area contributed by atoms with E-state index in [9.17, 15) is 13.6 Å². The SMILES string of the molecule is Cc1cc(C)c2nc(N(Cc3cccnc3)C(=O)c3ccc(F)cc3F)sc2c1. The molecule has 0 aliphatic heterocycles. The van der Waals surface area contributed by atoms with Crippen LogP contribution in [0.2, 0.25) is 0 Å². The van der Waals surface area contributed by atoms with Gasteiger partial charge < -0.3 is 0 Å². The number of carbonyl (C=O) groups excluding carboxylic acids is 1. The summed E-state index contributed by atoms with van der Waals surface area (Å²) >= 11 is 1.36. The molecule has 4 rings (SSSR count). The summed E-state index contributed by atoms with van der Waals surface area (Å²) < 4.78 is 28.6. The average molecular weight is 409 g/mol. The molecular formula is C22H17F2N3OS. The highest BCUT2D eigenvalue weighted by atomic mass is 32.1. The molecule has 0 radical (unpaired) electrons. The fourth-order valence-corrected chi connectivity index (χ4v) is 4.32. The highest BCUT2D eigenvalue weighted by Gasteiger charge is 2.25. The van der Waals surface area contributed by atoms with Crippen LogP contribution in [-0.4, -0.2) is 15.9 Å². The number of amides is 1. The van der Waals surface area contributed by atoms with E-state index in [1.165, 1.54) is 16.2 Å². The maximum absolute atomic E-state index is 14.3. The Morgan fingerprint density at radius 3 is 2.69 bits per heavy atom.